The molecule has 0 saturated heterocycles. The van der Waals surface area contributed by atoms with Crippen molar-refractivity contribution < 1.29 is 4.79 Å². The summed E-state index contributed by atoms with van der Waals surface area (Å²) in [7, 11) is 0. The highest BCUT2D eigenvalue weighted by Crippen LogP contribution is 2.19. The van der Waals surface area contributed by atoms with Crippen LogP contribution in [0, 0.1) is 5.92 Å². The minimum absolute atomic E-state index is 0.304. The van der Waals surface area contributed by atoms with Gasteiger partial charge in [0.2, 0.25) is 0 Å². The third kappa shape index (κ3) is 3.23. The van der Waals surface area contributed by atoms with Crippen LogP contribution < -0.4 is 5.32 Å². The second-order valence-electron chi connectivity index (χ2n) is 3.30. The number of ketones is 1. The van der Waals surface area contributed by atoms with Crippen LogP contribution in [0.2, 0.25) is 0 Å². The zero-order chi connectivity index (χ0) is 8.81. The molecule has 0 aromatic rings. The van der Waals surface area contributed by atoms with Gasteiger partial charge < -0.3 is 5.32 Å². The molecule has 0 heterocycles. The van der Waals surface area contributed by atoms with Gasteiger partial charge in [-0.2, -0.15) is 0 Å². The van der Waals surface area contributed by atoms with E-state index in [2.05, 4.69) is 21.2 Å². The van der Waals surface area contributed by atoms with Crippen LogP contribution >= 0.6 is 15.9 Å². The van der Waals surface area contributed by atoms with Crippen LogP contribution in [0.15, 0.2) is 0 Å². The van der Waals surface area contributed by atoms with Crippen molar-refractivity contribution in [2.45, 2.75) is 25.7 Å². The van der Waals surface area contributed by atoms with Gasteiger partial charge in [0.05, 0.1) is 0 Å². The molecule has 0 radical (unpaired) electrons. The lowest BCUT2D eigenvalue weighted by Crippen LogP contribution is -2.31. The van der Waals surface area contributed by atoms with Gasteiger partial charge in [-0.3, -0.25) is 4.79 Å². The highest BCUT2D eigenvalue weighted by Gasteiger charge is 2.20. The Labute approximate surface area is 82.2 Å². The van der Waals surface area contributed by atoms with Crippen molar-refractivity contribution in [3.63, 3.8) is 0 Å². The molecular weight excluding hydrogens is 218 g/mol. The average Bonchev–Trinajstić information content (AvgIpc) is 2.09. The largest absolute Gasteiger partial charge is 0.315 e. The molecule has 1 N–H and O–H groups in total. The first-order valence-corrected chi connectivity index (χ1v) is 5.76. The summed E-state index contributed by atoms with van der Waals surface area (Å²) in [4.78, 5) is 11.3. The number of carbonyl (C=O) groups is 1. The molecule has 1 saturated carbocycles. The molecule has 0 unspecified atom stereocenters. The smallest absolute Gasteiger partial charge is 0.137 e. The van der Waals surface area contributed by atoms with Gasteiger partial charge in [-0.15, -0.1) is 0 Å². The summed E-state index contributed by atoms with van der Waals surface area (Å²) in [6.07, 6.45) is 4.23. The van der Waals surface area contributed by atoms with Crippen molar-refractivity contribution in [3.05, 3.63) is 0 Å². The molecule has 1 rings (SSSR count). The number of alkyl halides is 1. The molecule has 1 aliphatic carbocycles. The SMILES string of the molecule is O=C1CCCC[C@@H]1CNCCBr. The van der Waals surface area contributed by atoms with E-state index in [0.29, 0.717) is 11.7 Å². The number of hydrogen-bond donors (Lipinski definition) is 1. The minimum atomic E-state index is 0.304. The summed E-state index contributed by atoms with van der Waals surface area (Å²) in [6.45, 7) is 1.84. The summed E-state index contributed by atoms with van der Waals surface area (Å²) in [5, 5.41) is 4.23. The van der Waals surface area contributed by atoms with Crippen molar-refractivity contribution in [3.8, 4) is 0 Å². The predicted molar refractivity (Wildman–Crippen MR) is 53.6 cm³/mol. The lowest BCUT2D eigenvalue weighted by atomic mass is 9.88. The van der Waals surface area contributed by atoms with Crippen molar-refractivity contribution >= 4 is 21.7 Å². The molecule has 0 amide bonds. The molecule has 1 fully saturated rings. The molecule has 1 aliphatic rings. The lowest BCUT2D eigenvalue weighted by molar-refractivity contribution is -0.124. The normalized spacial score (nSPS) is 24.4. The van der Waals surface area contributed by atoms with E-state index in [1.165, 1.54) is 6.42 Å². The molecule has 3 heteroatoms. The topological polar surface area (TPSA) is 29.1 Å². The van der Waals surface area contributed by atoms with Crippen molar-refractivity contribution in [2.75, 3.05) is 18.4 Å². The molecule has 2 nitrogen and oxygen atoms in total. The fourth-order valence-electron chi connectivity index (χ4n) is 1.61. The second kappa shape index (κ2) is 5.70. The Balaban J connectivity index is 2.16. The standard InChI is InChI=1S/C9H16BrNO/c10-5-6-11-7-8-3-1-2-4-9(8)12/h8,11H,1-7H2/t8-/m1/s1. The van der Waals surface area contributed by atoms with Gasteiger partial charge in [0.25, 0.3) is 0 Å². The first-order chi connectivity index (χ1) is 5.84. The quantitative estimate of drug-likeness (QED) is 0.592. The molecule has 12 heavy (non-hydrogen) atoms. The molecule has 0 spiro atoms. The van der Waals surface area contributed by atoms with Crippen LogP contribution in [0.25, 0.3) is 0 Å². The van der Waals surface area contributed by atoms with E-state index < -0.39 is 0 Å². The number of halogens is 1. The molecule has 1 atom stereocenters. The van der Waals surface area contributed by atoms with Gasteiger partial charge in [-0.05, 0) is 12.8 Å². The Bertz CT molecular complexity index is 149. The van der Waals surface area contributed by atoms with Crippen LogP contribution in [0.4, 0.5) is 0 Å². The first-order valence-electron chi connectivity index (χ1n) is 4.64. The van der Waals surface area contributed by atoms with E-state index in [-0.39, 0.29) is 0 Å². The Morgan fingerprint density at radius 1 is 1.50 bits per heavy atom. The molecule has 0 aromatic carbocycles. The van der Waals surface area contributed by atoms with Crippen LogP contribution in [-0.2, 0) is 4.79 Å². The van der Waals surface area contributed by atoms with Crippen LogP contribution in [0.1, 0.15) is 25.7 Å². The summed E-state index contributed by atoms with van der Waals surface area (Å²) >= 11 is 3.34. The van der Waals surface area contributed by atoms with Crippen molar-refractivity contribution in [2.24, 2.45) is 5.92 Å². The van der Waals surface area contributed by atoms with E-state index in [9.17, 15) is 4.79 Å². The van der Waals surface area contributed by atoms with Gasteiger partial charge in [0, 0.05) is 30.8 Å². The van der Waals surface area contributed by atoms with Crippen LogP contribution in [-0.4, -0.2) is 24.2 Å². The van der Waals surface area contributed by atoms with Gasteiger partial charge in [0.1, 0.15) is 5.78 Å². The van der Waals surface area contributed by atoms with E-state index in [1.54, 1.807) is 0 Å². The fourth-order valence-corrected chi connectivity index (χ4v) is 1.89. The first kappa shape index (κ1) is 10.2. The molecule has 0 aliphatic heterocycles. The number of hydrogen-bond acceptors (Lipinski definition) is 2. The van der Waals surface area contributed by atoms with E-state index in [0.717, 1.165) is 37.7 Å². The Hall–Kier alpha value is 0.110. The van der Waals surface area contributed by atoms with E-state index in [1.807, 2.05) is 0 Å². The number of rotatable bonds is 4. The van der Waals surface area contributed by atoms with Gasteiger partial charge in [0.15, 0.2) is 0 Å². The van der Waals surface area contributed by atoms with Crippen LogP contribution in [0.3, 0.4) is 0 Å². The zero-order valence-corrected chi connectivity index (χ0v) is 8.90. The maximum Gasteiger partial charge on any atom is 0.137 e. The Morgan fingerprint density at radius 3 is 3.00 bits per heavy atom. The lowest BCUT2D eigenvalue weighted by Gasteiger charge is -2.20. The molecular formula is C9H16BrNO. The zero-order valence-electron chi connectivity index (χ0n) is 7.31. The minimum Gasteiger partial charge on any atom is -0.315 e. The molecule has 0 bridgehead atoms. The molecule has 70 valence electrons. The van der Waals surface area contributed by atoms with E-state index >= 15 is 0 Å². The number of nitrogens with one attached hydrogen (secondary N) is 1. The van der Waals surface area contributed by atoms with Crippen molar-refractivity contribution in [1.82, 2.24) is 5.32 Å². The summed E-state index contributed by atoms with van der Waals surface area (Å²) in [5.74, 6) is 0.765. The van der Waals surface area contributed by atoms with Gasteiger partial charge in [-0.25, -0.2) is 0 Å². The third-order valence-corrected chi connectivity index (χ3v) is 2.74. The highest BCUT2D eigenvalue weighted by molar-refractivity contribution is 9.09. The fraction of sp³-hybridized carbons (Fsp3) is 0.889. The highest BCUT2D eigenvalue weighted by atomic mass is 79.9. The van der Waals surface area contributed by atoms with E-state index in [4.69, 9.17) is 0 Å². The monoisotopic (exact) mass is 233 g/mol. The number of carbonyl (C=O) groups excluding carboxylic acids is 1. The maximum atomic E-state index is 11.3. The summed E-state index contributed by atoms with van der Waals surface area (Å²) in [5.41, 5.74) is 0. The van der Waals surface area contributed by atoms with Crippen molar-refractivity contribution in [1.29, 1.82) is 0 Å². The maximum absolute atomic E-state index is 11.3. The average molecular weight is 234 g/mol. The predicted octanol–water partition coefficient (Wildman–Crippen LogP) is 1.73. The summed E-state index contributed by atoms with van der Waals surface area (Å²) in [6, 6.07) is 0. The molecule has 0 aromatic heterocycles. The van der Waals surface area contributed by atoms with Gasteiger partial charge >= 0.3 is 0 Å². The van der Waals surface area contributed by atoms with Gasteiger partial charge in [-0.1, -0.05) is 22.4 Å². The van der Waals surface area contributed by atoms with Crippen LogP contribution in [0.5, 0.6) is 0 Å². The summed E-state index contributed by atoms with van der Waals surface area (Å²) < 4.78 is 0. The Kier molecular flexibility index (Phi) is 4.84. The number of Topliss-reactive ketones (excluding diaryl/α,β-unsaturated/α-hetero) is 1. The second-order valence-corrected chi connectivity index (χ2v) is 4.10. The Morgan fingerprint density at radius 2 is 2.33 bits per heavy atom. The third-order valence-electron chi connectivity index (χ3n) is 2.34.